The molecule has 7 aliphatic rings. The normalized spacial score (nSPS) is 18.2. The first-order valence-electron chi connectivity index (χ1n) is 43.1. The average molecular weight is 1500 g/mol. The Balaban J connectivity index is 1.28. The van der Waals surface area contributed by atoms with Crippen LogP contribution in [0.3, 0.4) is 0 Å². The lowest BCUT2D eigenvalue weighted by Gasteiger charge is -2.21. The topological polar surface area (TPSA) is 188 Å². The number of esters is 5. The van der Waals surface area contributed by atoms with Gasteiger partial charge in [-0.3, -0.25) is 0 Å². The zero-order valence-electron chi connectivity index (χ0n) is 67.7. The highest BCUT2D eigenvalue weighted by molar-refractivity contribution is 6.35. The lowest BCUT2D eigenvalue weighted by molar-refractivity contribution is 0.0483. The maximum atomic E-state index is 14.9. The Labute approximate surface area is 658 Å². The van der Waals surface area contributed by atoms with Crippen molar-refractivity contribution in [2.75, 3.05) is 33.0 Å². The number of aryl methyl sites for hydroxylation is 3. The second-order valence-corrected chi connectivity index (χ2v) is 31.8. The molecule has 4 heterocycles. The summed E-state index contributed by atoms with van der Waals surface area (Å²) in [7, 11) is 0. The monoisotopic (exact) mass is 1500 g/mol. The maximum Gasteiger partial charge on any atom is 0.338 e. The Kier molecular flexibility index (Phi) is 27.3. The third-order valence-electron chi connectivity index (χ3n) is 23.5. The Morgan fingerprint density at radius 3 is 0.883 bits per heavy atom. The number of aliphatic imine (C=N–C) groups is 2. The predicted molar refractivity (Wildman–Crippen MR) is 445 cm³/mol. The summed E-state index contributed by atoms with van der Waals surface area (Å²) in [4.78, 5) is 96.1. The van der Waals surface area contributed by atoms with Gasteiger partial charge < -0.3 is 33.7 Å². The van der Waals surface area contributed by atoms with Gasteiger partial charge in [0.2, 0.25) is 0 Å². The number of unbranched alkanes of at least 4 members (excludes halogenated alkanes) is 8. The number of carbonyl (C=O) groups is 5. The van der Waals surface area contributed by atoms with Crippen LogP contribution in [0.2, 0.25) is 0 Å². The lowest BCUT2D eigenvalue weighted by Crippen LogP contribution is -2.25. The van der Waals surface area contributed by atoms with Crippen molar-refractivity contribution >= 4 is 63.6 Å². The predicted octanol–water partition coefficient (Wildman–Crippen LogP) is 21.2. The number of ether oxygens (including phenoxy) is 5. The Morgan fingerprint density at radius 2 is 0.568 bits per heavy atom. The fourth-order valence-corrected chi connectivity index (χ4v) is 17.5. The van der Waals surface area contributed by atoms with Crippen LogP contribution < -0.4 is 10.7 Å². The molecular weight excluding hydrogens is 1380 g/mol. The highest BCUT2D eigenvalue weighted by Crippen LogP contribution is 2.51. The van der Waals surface area contributed by atoms with E-state index in [9.17, 15) is 24.0 Å². The summed E-state index contributed by atoms with van der Waals surface area (Å²) in [5.74, 6) is -2.12. The molecule has 2 aliphatic heterocycles. The largest absolute Gasteiger partial charge is 0.462 e. The van der Waals surface area contributed by atoms with Gasteiger partial charge in [0, 0.05) is 22.3 Å². The van der Waals surface area contributed by atoms with Crippen LogP contribution in [-0.4, -0.2) is 84.3 Å². The molecule has 0 radical (unpaired) electrons. The number of aromatic nitrogens is 2. The molecule has 8 bridgehead atoms. The molecule has 2 aromatic heterocycles. The highest BCUT2D eigenvalue weighted by atomic mass is 16.5. The van der Waals surface area contributed by atoms with E-state index in [2.05, 4.69) is 108 Å². The van der Waals surface area contributed by atoms with Gasteiger partial charge in [0.1, 0.15) is 0 Å². The number of rotatable bonds is 33. The molecule has 0 spiro atoms. The quantitative estimate of drug-likeness (QED) is 0.0228. The molecule has 2 N–H and O–H groups in total. The number of allylic oxidation sites excluding steroid dienone is 4. The van der Waals surface area contributed by atoms with E-state index in [0.717, 1.165) is 327 Å². The molecule has 14 heteroatoms. The van der Waals surface area contributed by atoms with E-state index < -0.39 is 11.9 Å². The first kappa shape index (κ1) is 79.9. The minimum atomic E-state index is -0.526. The highest BCUT2D eigenvalue weighted by Gasteiger charge is 2.40. The van der Waals surface area contributed by atoms with Gasteiger partial charge in [-0.1, -0.05) is 125 Å². The van der Waals surface area contributed by atoms with Crippen molar-refractivity contribution in [2.45, 2.75) is 280 Å². The second-order valence-electron chi connectivity index (χ2n) is 31.8. The number of hydrogen-bond donors (Lipinski definition) is 2. The molecule has 0 fully saturated rings. The molecular formula is C97H118N4O10. The number of hydrogen-bond acceptors (Lipinski definition) is 12. The molecule has 0 saturated carbocycles. The lowest BCUT2D eigenvalue weighted by atomic mass is 9.81. The SMILES string of the molecule is CCCCOC(=O)c1cc(CCCC)cc(/C2=C3N=C(C4=C/3CCCC4)/C(c3cc(CCCC)cc(C(=O)OCCCC)c3)=c3\[nH]/c(c4c3CCCC4)=C(/c3cc(CCCC)cc(C(=O)OCCCC)c3)C3=N/C(=C(/c4cc(C(=O)OCCCC)cc(C(=O)OCCCC)c4)c4[nH]c2c2c4CCCC2)C2=C3CCCC2)c1. The van der Waals surface area contributed by atoms with Gasteiger partial charge in [0.15, 0.2) is 0 Å². The van der Waals surface area contributed by atoms with Crippen LogP contribution in [0.25, 0.3) is 22.3 Å². The summed E-state index contributed by atoms with van der Waals surface area (Å²) in [6.07, 6.45) is 29.2. The van der Waals surface area contributed by atoms with Crippen LogP contribution in [0.15, 0.2) is 116 Å². The number of benzene rings is 4. The van der Waals surface area contributed by atoms with Crippen molar-refractivity contribution in [3.63, 3.8) is 0 Å². The fourth-order valence-electron chi connectivity index (χ4n) is 17.5. The van der Waals surface area contributed by atoms with Gasteiger partial charge in [0.25, 0.3) is 0 Å². The zero-order chi connectivity index (χ0) is 77.5. The molecule has 6 aromatic rings. The molecule has 0 saturated heterocycles. The molecule has 4 aromatic carbocycles. The first-order valence-corrected chi connectivity index (χ1v) is 43.1. The van der Waals surface area contributed by atoms with E-state index in [1.807, 2.05) is 24.3 Å². The molecule has 13 rings (SSSR count). The van der Waals surface area contributed by atoms with Gasteiger partial charge in [-0.15, -0.1) is 0 Å². The third-order valence-corrected chi connectivity index (χ3v) is 23.5. The molecule has 111 heavy (non-hydrogen) atoms. The van der Waals surface area contributed by atoms with Gasteiger partial charge in [-0.2, -0.15) is 0 Å². The van der Waals surface area contributed by atoms with E-state index in [-0.39, 0.29) is 42.2 Å². The number of nitrogens with one attached hydrogen (secondary N) is 2. The molecule has 586 valence electrons. The van der Waals surface area contributed by atoms with Crippen molar-refractivity contribution in [3.05, 3.63) is 218 Å². The third kappa shape index (κ3) is 17.7. The summed E-state index contributed by atoms with van der Waals surface area (Å²) in [6, 6.07) is 24.7. The Morgan fingerprint density at radius 1 is 0.297 bits per heavy atom. The molecule has 0 unspecified atom stereocenters. The van der Waals surface area contributed by atoms with Gasteiger partial charge >= 0.3 is 29.8 Å². The first-order chi connectivity index (χ1) is 54.3. The van der Waals surface area contributed by atoms with E-state index in [4.69, 9.17) is 33.7 Å². The zero-order valence-corrected chi connectivity index (χ0v) is 67.7. The number of H-pyrrole nitrogens is 2. The van der Waals surface area contributed by atoms with Crippen LogP contribution in [0.5, 0.6) is 0 Å². The van der Waals surface area contributed by atoms with E-state index in [0.29, 0.717) is 67.8 Å². The standard InChI is InChI=1S/C97H118N4O10/c1-9-17-33-61-49-64(55-68(52-61)93(102)107-44-20-12-4)81-85-73-36-25-27-38-75(73)87(98-85)82(65-50-62(34-18-10-2)53-69(56-65)94(103)108-45-21-13-5)89-77-40-29-31-42-79(77)91(100-89)84(67-58-71(96(105)110-47-23-15-7)60-72(59-67)97(106)111-48-24-16-8)92-80-43-32-30-41-78(80)90(101-92)83(88-76-39-28-26-37-74(76)86(81)99-88)66-51-63(35-19-11-3)54-70(57-66)95(104)109-46-22-14-6/h49-60,98,101H,9-48H2,1-8H3/b85-81-,86-81?,87-82-,88-83-,89-82?,90-83?,91-84-,92-84?. The van der Waals surface area contributed by atoms with E-state index in [1.165, 1.54) is 16.7 Å². The van der Waals surface area contributed by atoms with Gasteiger partial charge in [0.05, 0.1) is 106 Å². The van der Waals surface area contributed by atoms with Crippen LogP contribution >= 0.6 is 0 Å². The Bertz CT molecular complexity index is 4820. The Hall–Kier alpha value is -9.17. The van der Waals surface area contributed by atoms with E-state index in [1.54, 1.807) is 6.07 Å². The van der Waals surface area contributed by atoms with Crippen LogP contribution in [0.1, 0.15) is 360 Å². The molecule has 14 nitrogen and oxygen atoms in total. The molecule has 5 aliphatic carbocycles. The van der Waals surface area contributed by atoms with Gasteiger partial charge in [-0.25, -0.2) is 34.0 Å². The fraction of sp³-hybridized carbons (Fsp3) is 0.495. The van der Waals surface area contributed by atoms with Crippen molar-refractivity contribution < 1.29 is 47.7 Å². The van der Waals surface area contributed by atoms with Gasteiger partial charge in [-0.05, 0) is 311 Å². The van der Waals surface area contributed by atoms with Crippen LogP contribution in [-0.2, 0) is 68.6 Å². The van der Waals surface area contributed by atoms with Crippen molar-refractivity contribution in [3.8, 4) is 0 Å². The molecule has 0 atom stereocenters. The van der Waals surface area contributed by atoms with Crippen LogP contribution in [0.4, 0.5) is 0 Å². The maximum absolute atomic E-state index is 14.9. The summed E-state index contributed by atoms with van der Waals surface area (Å²) in [6.45, 7) is 18.5. The minimum absolute atomic E-state index is 0.221. The van der Waals surface area contributed by atoms with Crippen molar-refractivity contribution in [1.82, 2.24) is 9.97 Å². The molecule has 0 amide bonds. The smallest absolute Gasteiger partial charge is 0.338 e. The average Bonchev–Trinajstić information content (AvgIpc) is 1.56. The summed E-state index contributed by atoms with van der Waals surface area (Å²) in [5.41, 5.74) is 26.1. The number of nitrogens with zero attached hydrogens (tertiary/aromatic N) is 2. The van der Waals surface area contributed by atoms with E-state index >= 15 is 0 Å². The summed E-state index contributed by atoms with van der Waals surface area (Å²) < 4.78 is 30.8. The van der Waals surface area contributed by atoms with Crippen molar-refractivity contribution in [2.24, 2.45) is 9.98 Å². The number of carbonyl (C=O) groups excluding carboxylic acids is 5. The number of aromatic amines is 2. The summed E-state index contributed by atoms with van der Waals surface area (Å²) >= 11 is 0. The second kappa shape index (κ2) is 37.9. The van der Waals surface area contributed by atoms with Crippen molar-refractivity contribution in [1.29, 1.82) is 0 Å². The summed E-state index contributed by atoms with van der Waals surface area (Å²) in [5, 5.41) is 1.89. The minimum Gasteiger partial charge on any atom is -0.462 e. The van der Waals surface area contributed by atoms with Crippen LogP contribution in [0, 0.1) is 0 Å².